The van der Waals surface area contributed by atoms with Crippen LogP contribution in [0, 0.1) is 0 Å². The number of nitrogens with one attached hydrogen (secondary N) is 1. The van der Waals surface area contributed by atoms with Crippen LogP contribution in [0.2, 0.25) is 0 Å². The maximum Gasteiger partial charge on any atom is 0.224 e. The number of carbonyl (C=O) groups is 1. The summed E-state index contributed by atoms with van der Waals surface area (Å²) < 4.78 is 5.67. The second-order valence-corrected chi connectivity index (χ2v) is 4.67. The Morgan fingerprint density at radius 3 is 2.47 bits per heavy atom. The van der Waals surface area contributed by atoms with Gasteiger partial charge in [0.2, 0.25) is 5.91 Å². The van der Waals surface area contributed by atoms with Crippen LogP contribution in [0.25, 0.3) is 0 Å². The molecule has 0 unspecified atom stereocenters. The molecule has 0 aliphatic rings. The number of amides is 1. The molecule has 0 fully saturated rings. The van der Waals surface area contributed by atoms with Gasteiger partial charge in [0, 0.05) is 11.6 Å². The van der Waals surface area contributed by atoms with Crippen molar-refractivity contribution in [2.24, 2.45) is 0 Å². The molecule has 0 atom stereocenters. The van der Waals surface area contributed by atoms with Crippen molar-refractivity contribution in [3.05, 3.63) is 29.8 Å². The van der Waals surface area contributed by atoms with Crippen LogP contribution in [0.5, 0.6) is 5.75 Å². The topological polar surface area (TPSA) is 38.3 Å². The summed E-state index contributed by atoms with van der Waals surface area (Å²) in [6.45, 7) is 7.86. The summed E-state index contributed by atoms with van der Waals surface area (Å²) in [5.74, 6) is 0.821. The molecular formula is C14H21NO2. The highest BCUT2D eigenvalue weighted by atomic mass is 16.5. The van der Waals surface area contributed by atoms with Crippen LogP contribution >= 0.6 is 0 Å². The third kappa shape index (κ3) is 4.89. The van der Waals surface area contributed by atoms with Gasteiger partial charge in [0.25, 0.3) is 0 Å². The predicted molar refractivity (Wildman–Crippen MR) is 69.2 cm³/mol. The van der Waals surface area contributed by atoms with Gasteiger partial charge in [-0.2, -0.15) is 0 Å². The minimum atomic E-state index is 0.0276. The summed E-state index contributed by atoms with van der Waals surface area (Å²) in [6.07, 6.45) is 0.477. The van der Waals surface area contributed by atoms with Crippen LogP contribution < -0.4 is 10.1 Å². The number of hydrogen-bond donors (Lipinski definition) is 1. The van der Waals surface area contributed by atoms with E-state index in [1.54, 1.807) is 0 Å². The first-order valence-corrected chi connectivity index (χ1v) is 6.03. The summed E-state index contributed by atoms with van der Waals surface area (Å²) in [7, 11) is 0. The molecule has 0 aliphatic heterocycles. The molecule has 0 bridgehead atoms. The van der Waals surface area contributed by atoms with Crippen molar-refractivity contribution >= 4 is 5.91 Å². The summed E-state index contributed by atoms with van der Waals surface area (Å²) in [5.41, 5.74) is 0.930. The summed E-state index contributed by atoms with van der Waals surface area (Å²) in [5, 5.41) is 2.88. The van der Waals surface area contributed by atoms with Gasteiger partial charge in [0.05, 0.1) is 12.5 Å². The van der Waals surface area contributed by atoms with Crippen molar-refractivity contribution in [3.8, 4) is 5.75 Å². The molecule has 1 amide bonds. The van der Waals surface area contributed by atoms with Crippen molar-refractivity contribution in [1.29, 1.82) is 0 Å². The maximum absolute atomic E-state index is 11.7. The first kappa shape index (κ1) is 13.6. The molecule has 0 saturated carbocycles. The highest BCUT2D eigenvalue weighted by Crippen LogP contribution is 2.19. The van der Waals surface area contributed by atoms with E-state index in [0.29, 0.717) is 6.42 Å². The van der Waals surface area contributed by atoms with Gasteiger partial charge in [-0.3, -0.25) is 4.79 Å². The lowest BCUT2D eigenvalue weighted by Crippen LogP contribution is -2.31. The predicted octanol–water partition coefficient (Wildman–Crippen LogP) is 2.54. The molecule has 0 aromatic heterocycles. The summed E-state index contributed by atoms with van der Waals surface area (Å²) >= 11 is 0. The Bertz CT molecular complexity index is 372. The lowest BCUT2D eigenvalue weighted by atomic mass is 10.1. The number of ether oxygens (including phenoxy) is 1. The summed E-state index contributed by atoms with van der Waals surface area (Å²) in [4.78, 5) is 11.7. The first-order valence-electron chi connectivity index (χ1n) is 6.03. The minimum Gasteiger partial charge on any atom is -0.491 e. The molecule has 3 heteroatoms. The van der Waals surface area contributed by atoms with E-state index in [9.17, 15) is 4.79 Å². The molecule has 1 aromatic carbocycles. The number of hydrogen-bond acceptors (Lipinski definition) is 2. The molecule has 1 N–H and O–H groups in total. The van der Waals surface area contributed by atoms with E-state index in [4.69, 9.17) is 4.74 Å². The SMILES string of the molecule is CC(C)NC(=O)Cc1ccccc1OC(C)C. The number of rotatable bonds is 5. The minimum absolute atomic E-state index is 0.0276. The summed E-state index contributed by atoms with van der Waals surface area (Å²) in [6, 6.07) is 7.84. The number of carbonyl (C=O) groups excluding carboxylic acids is 1. The van der Waals surface area contributed by atoms with Gasteiger partial charge in [0.1, 0.15) is 5.75 Å². The van der Waals surface area contributed by atoms with E-state index in [1.165, 1.54) is 0 Å². The molecule has 1 aromatic rings. The van der Waals surface area contributed by atoms with Gasteiger partial charge in [-0.1, -0.05) is 18.2 Å². The zero-order chi connectivity index (χ0) is 12.8. The molecule has 3 nitrogen and oxygen atoms in total. The molecule has 0 radical (unpaired) electrons. The van der Waals surface area contributed by atoms with E-state index in [0.717, 1.165) is 11.3 Å². The van der Waals surface area contributed by atoms with Crippen LogP contribution in [0.3, 0.4) is 0 Å². The Balaban J connectivity index is 2.72. The van der Waals surface area contributed by atoms with Gasteiger partial charge in [-0.15, -0.1) is 0 Å². The van der Waals surface area contributed by atoms with Gasteiger partial charge < -0.3 is 10.1 Å². The van der Waals surface area contributed by atoms with E-state index in [1.807, 2.05) is 52.0 Å². The van der Waals surface area contributed by atoms with E-state index >= 15 is 0 Å². The second kappa shape index (κ2) is 6.28. The maximum atomic E-state index is 11.7. The van der Waals surface area contributed by atoms with Crippen LogP contribution in [0.15, 0.2) is 24.3 Å². The largest absolute Gasteiger partial charge is 0.491 e. The molecular weight excluding hydrogens is 214 g/mol. The van der Waals surface area contributed by atoms with Crippen molar-refractivity contribution in [2.45, 2.75) is 46.3 Å². The highest BCUT2D eigenvalue weighted by molar-refractivity contribution is 5.79. The quantitative estimate of drug-likeness (QED) is 0.851. The zero-order valence-electron chi connectivity index (χ0n) is 11.0. The van der Waals surface area contributed by atoms with Crippen molar-refractivity contribution in [2.75, 3.05) is 0 Å². The lowest BCUT2D eigenvalue weighted by molar-refractivity contribution is -0.120. The Hall–Kier alpha value is -1.51. The fraction of sp³-hybridized carbons (Fsp3) is 0.500. The zero-order valence-corrected chi connectivity index (χ0v) is 11.0. The van der Waals surface area contributed by atoms with E-state index in [-0.39, 0.29) is 18.1 Å². The number of benzene rings is 1. The molecule has 94 valence electrons. The van der Waals surface area contributed by atoms with Crippen LogP contribution in [-0.2, 0) is 11.2 Å². The first-order chi connectivity index (χ1) is 7.99. The Labute approximate surface area is 103 Å². The highest BCUT2D eigenvalue weighted by Gasteiger charge is 2.10. The third-order valence-corrected chi connectivity index (χ3v) is 2.14. The monoisotopic (exact) mass is 235 g/mol. The number of para-hydroxylation sites is 1. The Kier molecular flexibility index (Phi) is 5.01. The standard InChI is InChI=1S/C14H21NO2/c1-10(2)15-14(16)9-12-7-5-6-8-13(12)17-11(3)4/h5-8,10-11H,9H2,1-4H3,(H,15,16). The second-order valence-electron chi connectivity index (χ2n) is 4.67. The fourth-order valence-corrected chi connectivity index (χ4v) is 1.56. The smallest absolute Gasteiger partial charge is 0.224 e. The van der Waals surface area contributed by atoms with Crippen molar-refractivity contribution in [3.63, 3.8) is 0 Å². The molecule has 1 rings (SSSR count). The van der Waals surface area contributed by atoms with Gasteiger partial charge in [0.15, 0.2) is 0 Å². The Morgan fingerprint density at radius 2 is 1.88 bits per heavy atom. The average molecular weight is 235 g/mol. The third-order valence-electron chi connectivity index (χ3n) is 2.14. The van der Waals surface area contributed by atoms with Gasteiger partial charge in [-0.05, 0) is 33.8 Å². The van der Waals surface area contributed by atoms with E-state index < -0.39 is 0 Å². The molecule has 0 aliphatic carbocycles. The fourth-order valence-electron chi connectivity index (χ4n) is 1.56. The van der Waals surface area contributed by atoms with E-state index in [2.05, 4.69) is 5.32 Å². The molecule has 0 saturated heterocycles. The molecule has 0 heterocycles. The van der Waals surface area contributed by atoms with Crippen LogP contribution in [0.1, 0.15) is 33.3 Å². The average Bonchev–Trinajstić information content (AvgIpc) is 2.18. The molecule has 17 heavy (non-hydrogen) atoms. The molecule has 0 spiro atoms. The lowest BCUT2D eigenvalue weighted by Gasteiger charge is -2.14. The Morgan fingerprint density at radius 1 is 1.24 bits per heavy atom. The van der Waals surface area contributed by atoms with Crippen LogP contribution in [-0.4, -0.2) is 18.1 Å². The van der Waals surface area contributed by atoms with Crippen molar-refractivity contribution < 1.29 is 9.53 Å². The van der Waals surface area contributed by atoms with Gasteiger partial charge >= 0.3 is 0 Å². The van der Waals surface area contributed by atoms with Crippen molar-refractivity contribution in [1.82, 2.24) is 5.32 Å². The normalized spacial score (nSPS) is 10.7. The van der Waals surface area contributed by atoms with Crippen LogP contribution in [0.4, 0.5) is 0 Å². The van der Waals surface area contributed by atoms with Gasteiger partial charge in [-0.25, -0.2) is 0 Å².